The number of carboxylic acids is 1. The van der Waals surface area contributed by atoms with Gasteiger partial charge >= 0.3 is 5.97 Å². The molecule has 4 nitrogen and oxygen atoms in total. The van der Waals surface area contributed by atoms with Crippen LogP contribution in [-0.2, 0) is 4.79 Å². The first-order valence-corrected chi connectivity index (χ1v) is 6.49. The lowest BCUT2D eigenvalue weighted by molar-refractivity contribution is -0.144. The molecule has 2 unspecified atom stereocenters. The third-order valence-electron chi connectivity index (χ3n) is 3.26. The van der Waals surface area contributed by atoms with Crippen molar-refractivity contribution in [3.05, 3.63) is 0 Å². The summed E-state index contributed by atoms with van der Waals surface area (Å²) in [6, 6.07) is -0.147. The number of nitrogens with one attached hydrogen (secondary N) is 1. The standard InChI is InChI=1S/C12H22F2N2O2/c1-2-3-4-16-7-9(12(17)18)5-10(8-16)15-6-11(13)14/h9-11,15H,2-8H2,1H3,(H,17,18). The van der Waals surface area contributed by atoms with E-state index in [1.54, 1.807) is 0 Å². The number of unbranched alkanes of at least 4 members (excludes halogenated alkanes) is 1. The lowest BCUT2D eigenvalue weighted by Gasteiger charge is -2.36. The molecular weight excluding hydrogens is 242 g/mol. The van der Waals surface area contributed by atoms with Crippen molar-refractivity contribution in [2.24, 2.45) is 5.92 Å². The third kappa shape index (κ3) is 5.27. The van der Waals surface area contributed by atoms with Gasteiger partial charge in [-0.1, -0.05) is 13.3 Å². The van der Waals surface area contributed by atoms with Gasteiger partial charge < -0.3 is 15.3 Å². The number of carbonyl (C=O) groups is 1. The number of aliphatic carboxylic acids is 1. The van der Waals surface area contributed by atoms with Crippen LogP contribution in [0.5, 0.6) is 0 Å². The van der Waals surface area contributed by atoms with Crippen LogP contribution in [0.25, 0.3) is 0 Å². The van der Waals surface area contributed by atoms with Crippen molar-refractivity contribution < 1.29 is 18.7 Å². The third-order valence-corrected chi connectivity index (χ3v) is 3.26. The Hall–Kier alpha value is -0.750. The monoisotopic (exact) mass is 264 g/mol. The molecule has 1 saturated heterocycles. The SMILES string of the molecule is CCCCN1CC(NCC(F)F)CC(C(=O)O)C1. The summed E-state index contributed by atoms with van der Waals surface area (Å²) in [5.41, 5.74) is 0. The molecule has 2 atom stereocenters. The molecule has 1 fully saturated rings. The summed E-state index contributed by atoms with van der Waals surface area (Å²) in [5, 5.41) is 11.8. The minimum absolute atomic E-state index is 0.147. The van der Waals surface area contributed by atoms with E-state index in [0.717, 1.165) is 19.4 Å². The molecular formula is C12H22F2N2O2. The van der Waals surface area contributed by atoms with E-state index >= 15 is 0 Å². The van der Waals surface area contributed by atoms with E-state index in [4.69, 9.17) is 5.11 Å². The number of rotatable bonds is 7. The number of halogens is 2. The van der Waals surface area contributed by atoms with Gasteiger partial charge in [0.2, 0.25) is 0 Å². The van der Waals surface area contributed by atoms with Crippen molar-refractivity contribution in [3.63, 3.8) is 0 Å². The fourth-order valence-electron chi connectivity index (χ4n) is 2.34. The molecule has 0 radical (unpaired) electrons. The van der Waals surface area contributed by atoms with Gasteiger partial charge in [0.1, 0.15) is 0 Å². The van der Waals surface area contributed by atoms with Crippen molar-refractivity contribution in [2.45, 2.75) is 38.7 Å². The highest BCUT2D eigenvalue weighted by Gasteiger charge is 2.31. The Morgan fingerprint density at radius 2 is 2.22 bits per heavy atom. The molecule has 106 valence electrons. The molecule has 0 aromatic heterocycles. The first-order chi connectivity index (χ1) is 8.52. The molecule has 1 rings (SSSR count). The number of carboxylic acid groups (broad SMARTS) is 1. The zero-order valence-electron chi connectivity index (χ0n) is 10.7. The molecule has 0 aromatic carbocycles. The number of likely N-dealkylation sites (tertiary alicyclic amines) is 1. The van der Waals surface area contributed by atoms with E-state index in [9.17, 15) is 13.6 Å². The van der Waals surface area contributed by atoms with E-state index in [1.807, 2.05) is 0 Å². The summed E-state index contributed by atoms with van der Waals surface area (Å²) < 4.78 is 24.3. The first kappa shape index (κ1) is 15.3. The van der Waals surface area contributed by atoms with Crippen molar-refractivity contribution >= 4 is 5.97 Å². The Labute approximate surface area is 106 Å². The quantitative estimate of drug-likeness (QED) is 0.730. The van der Waals surface area contributed by atoms with Crippen LogP contribution in [0.15, 0.2) is 0 Å². The predicted octanol–water partition coefficient (Wildman–Crippen LogP) is 1.42. The zero-order chi connectivity index (χ0) is 13.5. The van der Waals surface area contributed by atoms with E-state index in [1.165, 1.54) is 0 Å². The highest BCUT2D eigenvalue weighted by molar-refractivity contribution is 5.70. The van der Waals surface area contributed by atoms with Gasteiger partial charge in [-0.05, 0) is 19.4 Å². The van der Waals surface area contributed by atoms with Gasteiger partial charge in [-0.2, -0.15) is 0 Å². The van der Waals surface area contributed by atoms with Crippen LogP contribution in [0.1, 0.15) is 26.2 Å². The predicted molar refractivity (Wildman–Crippen MR) is 64.9 cm³/mol. The van der Waals surface area contributed by atoms with E-state index in [-0.39, 0.29) is 12.6 Å². The van der Waals surface area contributed by atoms with Gasteiger partial charge in [-0.15, -0.1) is 0 Å². The Kier molecular flexibility index (Phi) is 6.49. The largest absolute Gasteiger partial charge is 0.481 e. The Morgan fingerprint density at radius 1 is 1.50 bits per heavy atom. The van der Waals surface area contributed by atoms with Gasteiger partial charge in [-0.25, -0.2) is 8.78 Å². The molecule has 2 N–H and O–H groups in total. The molecule has 1 heterocycles. The van der Waals surface area contributed by atoms with Crippen molar-refractivity contribution in [2.75, 3.05) is 26.2 Å². The molecule has 0 aromatic rings. The van der Waals surface area contributed by atoms with E-state index < -0.39 is 18.3 Å². The number of hydrogen-bond acceptors (Lipinski definition) is 3. The summed E-state index contributed by atoms with van der Waals surface area (Å²) in [7, 11) is 0. The molecule has 1 aliphatic rings. The minimum Gasteiger partial charge on any atom is -0.481 e. The molecule has 0 aliphatic carbocycles. The maximum atomic E-state index is 12.2. The van der Waals surface area contributed by atoms with Crippen molar-refractivity contribution in [1.29, 1.82) is 0 Å². The number of hydrogen-bond donors (Lipinski definition) is 2. The summed E-state index contributed by atoms with van der Waals surface area (Å²) in [5.74, 6) is -1.29. The van der Waals surface area contributed by atoms with Gasteiger partial charge in [0.15, 0.2) is 0 Å². The second-order valence-corrected chi connectivity index (χ2v) is 4.88. The number of piperidine rings is 1. The molecule has 0 bridgehead atoms. The molecule has 6 heteroatoms. The Morgan fingerprint density at radius 3 is 2.78 bits per heavy atom. The van der Waals surface area contributed by atoms with Crippen LogP contribution in [0, 0.1) is 5.92 Å². The Bertz CT molecular complexity index is 264. The average Bonchev–Trinajstić information content (AvgIpc) is 2.33. The zero-order valence-corrected chi connectivity index (χ0v) is 10.7. The fourth-order valence-corrected chi connectivity index (χ4v) is 2.34. The highest BCUT2D eigenvalue weighted by atomic mass is 19.3. The minimum atomic E-state index is -2.39. The van der Waals surface area contributed by atoms with Crippen LogP contribution in [0.2, 0.25) is 0 Å². The van der Waals surface area contributed by atoms with Crippen LogP contribution in [0.3, 0.4) is 0 Å². The summed E-state index contributed by atoms with van der Waals surface area (Å²) in [6.45, 7) is 3.75. The summed E-state index contributed by atoms with van der Waals surface area (Å²) in [4.78, 5) is 13.1. The lowest BCUT2D eigenvalue weighted by Crippen LogP contribution is -2.51. The molecule has 0 saturated carbocycles. The van der Waals surface area contributed by atoms with Crippen LogP contribution in [-0.4, -0.2) is 54.6 Å². The normalized spacial score (nSPS) is 25.6. The van der Waals surface area contributed by atoms with Crippen LogP contribution in [0.4, 0.5) is 8.78 Å². The van der Waals surface area contributed by atoms with Crippen LogP contribution >= 0.6 is 0 Å². The van der Waals surface area contributed by atoms with Gasteiger partial charge in [-0.3, -0.25) is 4.79 Å². The smallest absolute Gasteiger partial charge is 0.307 e. The molecule has 1 aliphatic heterocycles. The maximum absolute atomic E-state index is 12.2. The first-order valence-electron chi connectivity index (χ1n) is 6.49. The van der Waals surface area contributed by atoms with E-state index in [0.29, 0.717) is 19.5 Å². The average molecular weight is 264 g/mol. The van der Waals surface area contributed by atoms with Gasteiger partial charge in [0.25, 0.3) is 6.43 Å². The fraction of sp³-hybridized carbons (Fsp3) is 0.917. The highest BCUT2D eigenvalue weighted by Crippen LogP contribution is 2.18. The van der Waals surface area contributed by atoms with Crippen LogP contribution < -0.4 is 5.32 Å². The number of nitrogens with zero attached hydrogens (tertiary/aromatic N) is 1. The van der Waals surface area contributed by atoms with E-state index in [2.05, 4.69) is 17.1 Å². The second-order valence-electron chi connectivity index (χ2n) is 4.88. The second kappa shape index (κ2) is 7.63. The molecule has 0 amide bonds. The Balaban J connectivity index is 2.48. The summed E-state index contributed by atoms with van der Waals surface area (Å²) >= 11 is 0. The van der Waals surface area contributed by atoms with Gasteiger partial charge in [0, 0.05) is 19.1 Å². The lowest BCUT2D eigenvalue weighted by atomic mass is 9.94. The van der Waals surface area contributed by atoms with Crippen molar-refractivity contribution in [3.8, 4) is 0 Å². The molecule has 0 spiro atoms. The van der Waals surface area contributed by atoms with Gasteiger partial charge in [0.05, 0.1) is 12.5 Å². The topological polar surface area (TPSA) is 52.6 Å². The van der Waals surface area contributed by atoms with Crippen molar-refractivity contribution in [1.82, 2.24) is 10.2 Å². The molecule has 18 heavy (non-hydrogen) atoms. The summed E-state index contributed by atoms with van der Waals surface area (Å²) in [6.07, 6.45) is 0.0985. The maximum Gasteiger partial charge on any atom is 0.307 e. The number of alkyl halides is 2.